The number of carbonyl (C=O) groups excluding carboxylic acids is 1. The van der Waals surface area contributed by atoms with Crippen molar-refractivity contribution in [2.45, 2.75) is 12.5 Å². The van der Waals surface area contributed by atoms with Gasteiger partial charge in [-0.3, -0.25) is 4.79 Å². The van der Waals surface area contributed by atoms with Gasteiger partial charge < -0.3 is 10.4 Å². The van der Waals surface area contributed by atoms with Gasteiger partial charge in [-0.25, -0.2) is 4.98 Å². The van der Waals surface area contributed by atoms with Crippen molar-refractivity contribution < 1.29 is 9.90 Å². The van der Waals surface area contributed by atoms with Gasteiger partial charge in [-0.1, -0.05) is 36.4 Å². The number of hydrogen-bond acceptors (Lipinski definition) is 5. The number of aliphatic hydroxyl groups is 1. The minimum Gasteiger partial charge on any atom is -0.388 e. The molecule has 3 rings (SSSR count). The van der Waals surface area contributed by atoms with E-state index in [0.717, 1.165) is 15.4 Å². The zero-order chi connectivity index (χ0) is 16.1. The predicted molar refractivity (Wildman–Crippen MR) is 93.8 cm³/mol. The molecular formula is C17H16N2O2S2. The van der Waals surface area contributed by atoms with Gasteiger partial charge in [-0.2, -0.15) is 0 Å². The number of carbonyl (C=O) groups is 1. The van der Waals surface area contributed by atoms with Gasteiger partial charge in [-0.15, -0.1) is 22.7 Å². The molecule has 0 radical (unpaired) electrons. The fraction of sp³-hybridized carbons (Fsp3) is 0.176. The van der Waals surface area contributed by atoms with Crippen molar-refractivity contribution in [1.82, 2.24) is 10.3 Å². The van der Waals surface area contributed by atoms with E-state index in [1.165, 1.54) is 11.3 Å². The maximum absolute atomic E-state index is 12.1. The number of rotatable bonds is 6. The van der Waals surface area contributed by atoms with Crippen LogP contribution in [0.15, 0.2) is 54.0 Å². The number of aromatic nitrogens is 1. The van der Waals surface area contributed by atoms with Crippen LogP contribution in [0.25, 0.3) is 9.88 Å². The van der Waals surface area contributed by atoms with Crippen LogP contribution in [0.1, 0.15) is 27.8 Å². The number of aliphatic hydroxyl groups excluding tert-OH is 1. The van der Waals surface area contributed by atoms with Crippen LogP contribution in [-0.4, -0.2) is 22.5 Å². The molecule has 0 spiro atoms. The molecule has 0 saturated heterocycles. The molecule has 1 aromatic carbocycles. The van der Waals surface area contributed by atoms with Gasteiger partial charge in [0.15, 0.2) is 0 Å². The highest BCUT2D eigenvalue weighted by Crippen LogP contribution is 2.28. The summed E-state index contributed by atoms with van der Waals surface area (Å²) in [5.74, 6) is -0.148. The lowest BCUT2D eigenvalue weighted by Crippen LogP contribution is -2.24. The summed E-state index contributed by atoms with van der Waals surface area (Å²) >= 11 is 2.98. The summed E-state index contributed by atoms with van der Waals surface area (Å²) in [6.07, 6.45) is 1.51. The molecule has 118 valence electrons. The monoisotopic (exact) mass is 344 g/mol. The van der Waals surface area contributed by atoms with E-state index in [-0.39, 0.29) is 5.91 Å². The van der Waals surface area contributed by atoms with Crippen molar-refractivity contribution in [3.63, 3.8) is 0 Å². The molecule has 0 fully saturated rings. The van der Waals surface area contributed by atoms with Crippen LogP contribution in [0.4, 0.5) is 0 Å². The standard InChI is InChI=1S/C17H16N2O2S2/c20-13(12-5-2-1-3-6-12)8-9-18-16(21)15-11-19-17(23-15)14-7-4-10-22-14/h1-7,10-11,13,20H,8-9H2,(H,18,21). The van der Waals surface area contributed by atoms with Gasteiger partial charge in [0.05, 0.1) is 17.2 Å². The number of thiophene rings is 1. The SMILES string of the molecule is O=C(NCCC(O)c1ccccc1)c1cnc(-c2cccs2)s1. The summed E-state index contributed by atoms with van der Waals surface area (Å²) in [5.41, 5.74) is 0.861. The average Bonchev–Trinajstić information content (AvgIpc) is 3.26. The molecular weight excluding hydrogens is 328 g/mol. The van der Waals surface area contributed by atoms with Crippen LogP contribution in [0, 0.1) is 0 Å². The fourth-order valence-electron chi connectivity index (χ4n) is 2.14. The van der Waals surface area contributed by atoms with Gasteiger partial charge in [-0.05, 0) is 23.4 Å². The second-order valence-electron chi connectivity index (χ2n) is 4.98. The molecule has 3 aromatic rings. The molecule has 1 amide bonds. The highest BCUT2D eigenvalue weighted by Gasteiger charge is 2.13. The van der Waals surface area contributed by atoms with E-state index in [9.17, 15) is 9.90 Å². The van der Waals surface area contributed by atoms with Gasteiger partial charge in [0.1, 0.15) is 9.88 Å². The van der Waals surface area contributed by atoms with Crippen LogP contribution in [0.3, 0.4) is 0 Å². The summed E-state index contributed by atoms with van der Waals surface area (Å²) in [5, 5.41) is 15.8. The fourth-order valence-corrected chi connectivity index (χ4v) is 3.78. The molecule has 1 unspecified atom stereocenters. The Bertz CT molecular complexity index is 754. The average molecular weight is 344 g/mol. The first-order valence-corrected chi connectivity index (χ1v) is 8.94. The third-order valence-corrected chi connectivity index (χ3v) is 5.38. The largest absolute Gasteiger partial charge is 0.388 e. The Balaban J connectivity index is 1.52. The number of nitrogens with zero attached hydrogens (tertiary/aromatic N) is 1. The second-order valence-corrected chi connectivity index (χ2v) is 6.96. The summed E-state index contributed by atoms with van der Waals surface area (Å²) in [6.45, 7) is 0.418. The van der Waals surface area contributed by atoms with Crippen molar-refractivity contribution in [2.24, 2.45) is 0 Å². The van der Waals surface area contributed by atoms with Gasteiger partial charge in [0.25, 0.3) is 5.91 Å². The van der Waals surface area contributed by atoms with E-state index < -0.39 is 6.10 Å². The van der Waals surface area contributed by atoms with E-state index >= 15 is 0 Å². The molecule has 2 N–H and O–H groups in total. The van der Waals surface area contributed by atoms with Crippen LogP contribution >= 0.6 is 22.7 Å². The number of hydrogen-bond donors (Lipinski definition) is 2. The molecule has 1 atom stereocenters. The second kappa shape index (κ2) is 7.50. The summed E-state index contributed by atoms with van der Waals surface area (Å²) in [4.78, 5) is 18.1. The van der Waals surface area contributed by atoms with Crippen LogP contribution in [0.2, 0.25) is 0 Å². The van der Waals surface area contributed by atoms with Gasteiger partial charge in [0.2, 0.25) is 0 Å². The maximum atomic E-state index is 12.1. The lowest BCUT2D eigenvalue weighted by molar-refractivity contribution is 0.0946. The first-order chi connectivity index (χ1) is 11.2. The Morgan fingerprint density at radius 3 is 2.78 bits per heavy atom. The maximum Gasteiger partial charge on any atom is 0.263 e. The smallest absolute Gasteiger partial charge is 0.263 e. The summed E-state index contributed by atoms with van der Waals surface area (Å²) in [7, 11) is 0. The van der Waals surface area contributed by atoms with E-state index in [1.807, 2.05) is 47.8 Å². The van der Waals surface area contributed by atoms with Crippen LogP contribution in [-0.2, 0) is 0 Å². The molecule has 2 aromatic heterocycles. The zero-order valence-corrected chi connectivity index (χ0v) is 13.9. The normalized spacial score (nSPS) is 12.0. The Morgan fingerprint density at radius 2 is 2.04 bits per heavy atom. The molecule has 0 aliphatic carbocycles. The molecule has 4 nitrogen and oxygen atoms in total. The molecule has 0 aliphatic rings. The minimum atomic E-state index is -0.570. The molecule has 2 heterocycles. The van der Waals surface area contributed by atoms with Crippen molar-refractivity contribution in [3.05, 3.63) is 64.5 Å². The van der Waals surface area contributed by atoms with E-state index in [2.05, 4.69) is 10.3 Å². The Morgan fingerprint density at radius 1 is 1.22 bits per heavy atom. The van der Waals surface area contributed by atoms with E-state index in [4.69, 9.17) is 0 Å². The van der Waals surface area contributed by atoms with E-state index in [0.29, 0.717) is 17.8 Å². The quantitative estimate of drug-likeness (QED) is 0.716. The van der Waals surface area contributed by atoms with Crippen molar-refractivity contribution in [2.75, 3.05) is 6.54 Å². The number of amides is 1. The lowest BCUT2D eigenvalue weighted by Gasteiger charge is -2.11. The lowest BCUT2D eigenvalue weighted by atomic mass is 10.1. The predicted octanol–water partition coefficient (Wildman–Crippen LogP) is 3.73. The number of thiazole rings is 1. The van der Waals surface area contributed by atoms with Crippen molar-refractivity contribution in [3.8, 4) is 9.88 Å². The Labute approximate surface area is 142 Å². The highest BCUT2D eigenvalue weighted by atomic mass is 32.1. The molecule has 0 aliphatic heterocycles. The number of benzene rings is 1. The van der Waals surface area contributed by atoms with Crippen molar-refractivity contribution >= 4 is 28.6 Å². The first kappa shape index (κ1) is 15.9. The minimum absolute atomic E-state index is 0.148. The third-order valence-electron chi connectivity index (χ3n) is 3.35. The topological polar surface area (TPSA) is 62.2 Å². The van der Waals surface area contributed by atoms with Gasteiger partial charge >= 0.3 is 0 Å². The van der Waals surface area contributed by atoms with E-state index in [1.54, 1.807) is 17.5 Å². The molecule has 0 bridgehead atoms. The number of nitrogens with one attached hydrogen (secondary N) is 1. The molecule has 0 saturated carbocycles. The van der Waals surface area contributed by atoms with Crippen LogP contribution < -0.4 is 5.32 Å². The van der Waals surface area contributed by atoms with Crippen molar-refractivity contribution in [1.29, 1.82) is 0 Å². The summed E-state index contributed by atoms with van der Waals surface area (Å²) in [6, 6.07) is 13.4. The first-order valence-electron chi connectivity index (χ1n) is 7.25. The molecule has 23 heavy (non-hydrogen) atoms. The van der Waals surface area contributed by atoms with Crippen LogP contribution in [0.5, 0.6) is 0 Å². The molecule has 6 heteroatoms. The Hall–Kier alpha value is -2.02. The zero-order valence-electron chi connectivity index (χ0n) is 12.3. The summed E-state index contributed by atoms with van der Waals surface area (Å²) < 4.78 is 0. The third kappa shape index (κ3) is 4.04. The highest BCUT2D eigenvalue weighted by molar-refractivity contribution is 7.21. The Kier molecular flexibility index (Phi) is 5.17. The van der Waals surface area contributed by atoms with Gasteiger partial charge in [0, 0.05) is 6.54 Å².